The molecule has 3 N–H and O–H groups in total. The molecule has 0 aliphatic rings. The maximum Gasteiger partial charge on any atom is 0.251 e. The number of nitrogens with one attached hydrogen (secondary N) is 1. The van der Waals surface area contributed by atoms with E-state index in [2.05, 4.69) is 41.8 Å². The SMILES string of the molecule is CC(C)CCCNC(=O)c1ccc(N)c(I)c1. The van der Waals surface area contributed by atoms with Crippen molar-refractivity contribution in [3.8, 4) is 0 Å². The van der Waals surface area contributed by atoms with Gasteiger partial charge in [0.25, 0.3) is 5.91 Å². The number of benzene rings is 1. The molecule has 0 bridgehead atoms. The van der Waals surface area contributed by atoms with Crippen LogP contribution in [0.25, 0.3) is 0 Å². The summed E-state index contributed by atoms with van der Waals surface area (Å²) in [5.41, 5.74) is 7.09. The first-order chi connectivity index (χ1) is 8.00. The van der Waals surface area contributed by atoms with Gasteiger partial charge in [-0.05, 0) is 59.5 Å². The highest BCUT2D eigenvalue weighted by atomic mass is 127. The zero-order valence-electron chi connectivity index (χ0n) is 10.3. The monoisotopic (exact) mass is 346 g/mol. The molecule has 0 radical (unpaired) electrons. The van der Waals surface area contributed by atoms with E-state index in [1.54, 1.807) is 12.1 Å². The number of halogens is 1. The highest BCUT2D eigenvalue weighted by molar-refractivity contribution is 14.1. The molecule has 0 saturated carbocycles. The van der Waals surface area contributed by atoms with Crippen LogP contribution < -0.4 is 11.1 Å². The molecule has 0 atom stereocenters. The van der Waals surface area contributed by atoms with E-state index in [1.807, 2.05) is 6.07 Å². The number of anilines is 1. The van der Waals surface area contributed by atoms with Crippen molar-refractivity contribution in [2.45, 2.75) is 26.7 Å². The molecule has 4 heteroatoms. The number of hydrogen-bond acceptors (Lipinski definition) is 2. The van der Waals surface area contributed by atoms with Gasteiger partial charge in [-0.2, -0.15) is 0 Å². The van der Waals surface area contributed by atoms with Crippen LogP contribution in [-0.2, 0) is 0 Å². The Morgan fingerprint density at radius 2 is 2.18 bits per heavy atom. The topological polar surface area (TPSA) is 55.1 Å². The summed E-state index contributed by atoms with van der Waals surface area (Å²) in [5.74, 6) is 0.663. The zero-order valence-corrected chi connectivity index (χ0v) is 12.5. The second-order valence-electron chi connectivity index (χ2n) is 4.53. The summed E-state index contributed by atoms with van der Waals surface area (Å²) in [6.45, 7) is 5.10. The summed E-state index contributed by atoms with van der Waals surface area (Å²) >= 11 is 2.13. The summed E-state index contributed by atoms with van der Waals surface area (Å²) < 4.78 is 0.914. The third-order valence-corrected chi connectivity index (χ3v) is 3.44. The van der Waals surface area contributed by atoms with Gasteiger partial charge in [0.05, 0.1) is 0 Å². The van der Waals surface area contributed by atoms with Crippen LogP contribution >= 0.6 is 22.6 Å². The highest BCUT2D eigenvalue weighted by Crippen LogP contribution is 2.16. The van der Waals surface area contributed by atoms with Crippen LogP contribution in [0.2, 0.25) is 0 Å². The van der Waals surface area contributed by atoms with Gasteiger partial charge in [0.1, 0.15) is 0 Å². The van der Waals surface area contributed by atoms with E-state index in [0.29, 0.717) is 17.2 Å². The lowest BCUT2D eigenvalue weighted by Crippen LogP contribution is -2.24. The Balaban J connectivity index is 2.44. The average molecular weight is 346 g/mol. The quantitative estimate of drug-likeness (QED) is 0.489. The summed E-state index contributed by atoms with van der Waals surface area (Å²) in [6, 6.07) is 5.34. The summed E-state index contributed by atoms with van der Waals surface area (Å²) in [7, 11) is 0. The molecule has 0 aromatic heterocycles. The number of carbonyl (C=O) groups is 1. The molecule has 1 aromatic carbocycles. The van der Waals surface area contributed by atoms with Crippen molar-refractivity contribution < 1.29 is 4.79 Å². The van der Waals surface area contributed by atoms with Crippen molar-refractivity contribution in [1.29, 1.82) is 0 Å². The average Bonchev–Trinajstić information content (AvgIpc) is 2.27. The van der Waals surface area contributed by atoms with Gasteiger partial charge in [-0.1, -0.05) is 13.8 Å². The minimum atomic E-state index is -0.0216. The minimum Gasteiger partial charge on any atom is -0.398 e. The van der Waals surface area contributed by atoms with Crippen molar-refractivity contribution in [3.63, 3.8) is 0 Å². The molecule has 0 heterocycles. The standard InChI is InChI=1S/C13H19IN2O/c1-9(2)4-3-7-16-13(17)10-5-6-12(15)11(14)8-10/h5-6,8-9H,3-4,7,15H2,1-2H3,(H,16,17). The third kappa shape index (κ3) is 4.93. The lowest BCUT2D eigenvalue weighted by molar-refractivity contribution is 0.0952. The third-order valence-electron chi connectivity index (χ3n) is 2.51. The minimum absolute atomic E-state index is 0.0216. The molecular weight excluding hydrogens is 327 g/mol. The molecule has 1 amide bonds. The first-order valence-electron chi connectivity index (χ1n) is 5.84. The molecule has 1 rings (SSSR count). The Morgan fingerprint density at radius 3 is 2.76 bits per heavy atom. The fourth-order valence-corrected chi connectivity index (χ4v) is 2.00. The Kier molecular flexibility index (Phi) is 5.74. The van der Waals surface area contributed by atoms with Gasteiger partial charge in [-0.3, -0.25) is 4.79 Å². The van der Waals surface area contributed by atoms with Crippen LogP contribution in [0.5, 0.6) is 0 Å². The van der Waals surface area contributed by atoms with E-state index in [1.165, 1.54) is 0 Å². The predicted octanol–water partition coefficient (Wildman–Crippen LogP) is 3.04. The van der Waals surface area contributed by atoms with Crippen LogP contribution in [0.15, 0.2) is 18.2 Å². The Labute approximate surface area is 116 Å². The van der Waals surface area contributed by atoms with Crippen molar-refractivity contribution in [1.82, 2.24) is 5.32 Å². The van der Waals surface area contributed by atoms with Crippen molar-refractivity contribution in [2.24, 2.45) is 5.92 Å². The summed E-state index contributed by atoms with van der Waals surface area (Å²) in [6.07, 6.45) is 2.16. The number of rotatable bonds is 5. The Hall–Kier alpha value is -0.780. The fourth-order valence-electron chi connectivity index (χ4n) is 1.48. The van der Waals surface area contributed by atoms with Crippen LogP contribution in [0, 0.1) is 9.49 Å². The number of nitrogen functional groups attached to an aromatic ring is 1. The smallest absolute Gasteiger partial charge is 0.251 e. The largest absolute Gasteiger partial charge is 0.398 e. The normalized spacial score (nSPS) is 10.6. The van der Waals surface area contributed by atoms with Crippen LogP contribution in [0.1, 0.15) is 37.0 Å². The number of amides is 1. The molecule has 17 heavy (non-hydrogen) atoms. The number of nitrogens with two attached hydrogens (primary N) is 1. The maximum atomic E-state index is 11.8. The van der Waals surface area contributed by atoms with E-state index in [9.17, 15) is 4.79 Å². The molecule has 0 unspecified atom stereocenters. The molecule has 94 valence electrons. The van der Waals surface area contributed by atoms with Gasteiger partial charge in [-0.25, -0.2) is 0 Å². The van der Waals surface area contributed by atoms with Gasteiger partial charge in [-0.15, -0.1) is 0 Å². The van der Waals surface area contributed by atoms with Crippen molar-refractivity contribution >= 4 is 34.2 Å². The molecule has 0 fully saturated rings. The van der Waals surface area contributed by atoms with Gasteiger partial charge in [0.2, 0.25) is 0 Å². The van der Waals surface area contributed by atoms with E-state index in [4.69, 9.17) is 5.73 Å². The van der Waals surface area contributed by atoms with E-state index >= 15 is 0 Å². The summed E-state index contributed by atoms with van der Waals surface area (Å²) in [4.78, 5) is 11.8. The molecule has 0 aliphatic heterocycles. The Bertz CT molecular complexity index is 391. The fraction of sp³-hybridized carbons (Fsp3) is 0.462. The van der Waals surface area contributed by atoms with Crippen molar-refractivity contribution in [3.05, 3.63) is 27.3 Å². The number of carbonyl (C=O) groups excluding carboxylic acids is 1. The Morgan fingerprint density at radius 1 is 1.47 bits per heavy atom. The predicted molar refractivity (Wildman–Crippen MR) is 80.0 cm³/mol. The second kappa shape index (κ2) is 6.83. The van der Waals surface area contributed by atoms with E-state index in [0.717, 1.165) is 23.0 Å². The first kappa shape index (κ1) is 14.3. The lowest BCUT2D eigenvalue weighted by atomic mass is 10.1. The molecule has 3 nitrogen and oxygen atoms in total. The van der Waals surface area contributed by atoms with E-state index in [-0.39, 0.29) is 5.91 Å². The van der Waals surface area contributed by atoms with Gasteiger partial charge >= 0.3 is 0 Å². The van der Waals surface area contributed by atoms with Crippen LogP contribution in [-0.4, -0.2) is 12.5 Å². The molecule has 0 saturated heterocycles. The summed E-state index contributed by atoms with van der Waals surface area (Å²) in [5, 5.41) is 2.92. The maximum absolute atomic E-state index is 11.8. The van der Waals surface area contributed by atoms with Crippen LogP contribution in [0.4, 0.5) is 5.69 Å². The van der Waals surface area contributed by atoms with Gasteiger partial charge < -0.3 is 11.1 Å². The molecule has 0 spiro atoms. The van der Waals surface area contributed by atoms with E-state index < -0.39 is 0 Å². The zero-order chi connectivity index (χ0) is 12.8. The number of hydrogen-bond donors (Lipinski definition) is 2. The lowest BCUT2D eigenvalue weighted by Gasteiger charge is -2.07. The molecular formula is C13H19IN2O. The second-order valence-corrected chi connectivity index (χ2v) is 5.69. The first-order valence-corrected chi connectivity index (χ1v) is 6.92. The highest BCUT2D eigenvalue weighted by Gasteiger charge is 2.06. The van der Waals surface area contributed by atoms with Crippen molar-refractivity contribution in [2.75, 3.05) is 12.3 Å². The molecule has 0 aliphatic carbocycles. The van der Waals surface area contributed by atoms with Crippen LogP contribution in [0.3, 0.4) is 0 Å². The van der Waals surface area contributed by atoms with Gasteiger partial charge in [0.15, 0.2) is 0 Å². The van der Waals surface area contributed by atoms with Gasteiger partial charge in [0, 0.05) is 21.4 Å². The molecule has 1 aromatic rings.